The highest BCUT2D eigenvalue weighted by Gasteiger charge is 2.12. The number of nitrogens with zero attached hydrogens (tertiary/aromatic N) is 2. The Morgan fingerprint density at radius 2 is 2.07 bits per heavy atom. The van der Waals surface area contributed by atoms with Gasteiger partial charge in [-0.25, -0.2) is 4.99 Å². The lowest BCUT2D eigenvalue weighted by molar-refractivity contribution is -0.116. The molecule has 1 aromatic carbocycles. The Balaban J connectivity index is 0.00000320. The molecule has 30 heavy (non-hydrogen) atoms. The molecule has 1 saturated heterocycles. The summed E-state index contributed by atoms with van der Waals surface area (Å²) in [7, 11) is 0. The number of halogens is 1. The highest BCUT2D eigenvalue weighted by atomic mass is 127. The molecule has 0 spiro atoms. The van der Waals surface area contributed by atoms with Crippen LogP contribution in [0.5, 0.6) is 0 Å². The molecule has 3 rings (SSSR count). The van der Waals surface area contributed by atoms with E-state index in [9.17, 15) is 4.79 Å². The van der Waals surface area contributed by atoms with Crippen LogP contribution in [0.4, 0.5) is 5.69 Å². The fourth-order valence-corrected chi connectivity index (χ4v) is 3.77. The molecule has 1 fully saturated rings. The Kier molecular flexibility index (Phi) is 11.1. The number of benzene rings is 1. The van der Waals surface area contributed by atoms with Gasteiger partial charge in [0.1, 0.15) is 0 Å². The molecular weight excluding hydrogens is 513 g/mol. The van der Waals surface area contributed by atoms with E-state index in [2.05, 4.69) is 32.0 Å². The first kappa shape index (κ1) is 24.6. The van der Waals surface area contributed by atoms with Crippen LogP contribution in [0, 0.1) is 0 Å². The second-order valence-electron chi connectivity index (χ2n) is 6.91. The van der Waals surface area contributed by atoms with Crippen LogP contribution < -0.4 is 16.4 Å². The largest absolute Gasteiger partial charge is 0.379 e. The van der Waals surface area contributed by atoms with Crippen molar-refractivity contribution < 1.29 is 9.53 Å². The van der Waals surface area contributed by atoms with E-state index >= 15 is 0 Å². The van der Waals surface area contributed by atoms with Gasteiger partial charge in [-0.2, -0.15) is 0 Å². The summed E-state index contributed by atoms with van der Waals surface area (Å²) < 4.78 is 5.33. The molecule has 1 aromatic heterocycles. The lowest BCUT2D eigenvalue weighted by Crippen LogP contribution is -2.38. The van der Waals surface area contributed by atoms with Crippen LogP contribution in [0.25, 0.3) is 0 Å². The molecular formula is C21H30IN5O2S. The van der Waals surface area contributed by atoms with Gasteiger partial charge < -0.3 is 21.1 Å². The summed E-state index contributed by atoms with van der Waals surface area (Å²) in [5.74, 6) is 0.452. The minimum Gasteiger partial charge on any atom is -0.379 e. The Bertz CT molecular complexity index is 794. The van der Waals surface area contributed by atoms with Crippen LogP contribution in [0.15, 0.2) is 46.8 Å². The summed E-state index contributed by atoms with van der Waals surface area (Å²) >= 11 is 1.74. The number of nitrogens with two attached hydrogens (primary N) is 1. The first-order chi connectivity index (χ1) is 14.2. The van der Waals surface area contributed by atoms with Crippen molar-refractivity contribution in [2.75, 3.05) is 44.7 Å². The number of carbonyl (C=O) groups is 1. The van der Waals surface area contributed by atoms with E-state index in [4.69, 9.17) is 10.5 Å². The number of ether oxygens (including phenoxy) is 1. The molecule has 7 nitrogen and oxygen atoms in total. The summed E-state index contributed by atoms with van der Waals surface area (Å²) in [4.78, 5) is 20.2. The number of hydrogen-bond donors (Lipinski definition) is 3. The Hall–Kier alpha value is -1.69. The summed E-state index contributed by atoms with van der Waals surface area (Å²) in [6, 6.07) is 11.9. The minimum atomic E-state index is 0. The summed E-state index contributed by atoms with van der Waals surface area (Å²) in [6.45, 7) is 5.26. The number of anilines is 1. The maximum atomic E-state index is 12.2. The number of carbonyl (C=O) groups excluding carboxylic acids is 1. The Labute approximate surface area is 199 Å². The quantitative estimate of drug-likeness (QED) is 0.257. The molecule has 0 unspecified atom stereocenters. The third-order valence-electron chi connectivity index (χ3n) is 4.66. The molecule has 0 atom stereocenters. The van der Waals surface area contributed by atoms with Gasteiger partial charge >= 0.3 is 0 Å². The van der Waals surface area contributed by atoms with Crippen molar-refractivity contribution in [3.63, 3.8) is 0 Å². The fraction of sp³-hybridized carbons (Fsp3) is 0.429. The number of guanidine groups is 1. The van der Waals surface area contributed by atoms with Gasteiger partial charge in [0.15, 0.2) is 5.96 Å². The van der Waals surface area contributed by atoms with E-state index in [-0.39, 0.29) is 29.9 Å². The number of amides is 1. The normalized spacial score (nSPS) is 14.7. The number of aliphatic imine (C=N–C) groups is 1. The first-order valence-corrected chi connectivity index (χ1v) is 10.8. The third-order valence-corrected chi connectivity index (χ3v) is 5.60. The van der Waals surface area contributed by atoms with Gasteiger partial charge in [0, 0.05) is 43.2 Å². The minimum absolute atomic E-state index is 0. The standard InChI is InChI=1S/C21H29N5O2S.HI/c22-21(23-8-6-19-5-2-14-29-19)24-16-17-3-1-4-18(15-17)25-20(27)7-9-26-10-12-28-13-11-26;/h1-5,14-15H,6-13,16H2,(H,25,27)(H3,22,23,24);1H. The zero-order valence-electron chi connectivity index (χ0n) is 17.0. The number of nitrogens with one attached hydrogen (secondary N) is 2. The van der Waals surface area contributed by atoms with E-state index in [1.165, 1.54) is 4.88 Å². The summed E-state index contributed by atoms with van der Waals surface area (Å²) in [6.07, 6.45) is 1.41. The molecule has 0 bridgehead atoms. The van der Waals surface area contributed by atoms with E-state index in [0.29, 0.717) is 18.9 Å². The predicted octanol–water partition coefficient (Wildman–Crippen LogP) is 2.67. The van der Waals surface area contributed by atoms with Crippen LogP contribution in [0.3, 0.4) is 0 Å². The summed E-state index contributed by atoms with van der Waals surface area (Å²) in [5.41, 5.74) is 7.73. The lowest BCUT2D eigenvalue weighted by Gasteiger charge is -2.26. The summed E-state index contributed by atoms with van der Waals surface area (Å²) in [5, 5.41) is 8.18. The van der Waals surface area contributed by atoms with Crippen LogP contribution >= 0.6 is 35.3 Å². The lowest BCUT2D eigenvalue weighted by atomic mass is 10.2. The molecule has 1 amide bonds. The van der Waals surface area contributed by atoms with Gasteiger partial charge in [-0.1, -0.05) is 18.2 Å². The molecule has 4 N–H and O–H groups in total. The van der Waals surface area contributed by atoms with Gasteiger partial charge in [0.05, 0.1) is 19.8 Å². The van der Waals surface area contributed by atoms with Crippen molar-refractivity contribution >= 4 is 52.9 Å². The second kappa shape index (κ2) is 13.6. The van der Waals surface area contributed by atoms with Crippen molar-refractivity contribution in [1.82, 2.24) is 10.2 Å². The van der Waals surface area contributed by atoms with Crippen LogP contribution in [-0.4, -0.2) is 56.2 Å². The Morgan fingerprint density at radius 3 is 2.83 bits per heavy atom. The van der Waals surface area contributed by atoms with Crippen LogP contribution in [0.2, 0.25) is 0 Å². The van der Waals surface area contributed by atoms with Gasteiger partial charge in [-0.3, -0.25) is 9.69 Å². The molecule has 9 heteroatoms. The molecule has 2 heterocycles. The van der Waals surface area contributed by atoms with Crippen LogP contribution in [-0.2, 0) is 22.5 Å². The topological polar surface area (TPSA) is 92.0 Å². The molecule has 0 saturated carbocycles. The zero-order valence-corrected chi connectivity index (χ0v) is 20.2. The third kappa shape index (κ3) is 8.99. The van der Waals surface area contributed by atoms with Crippen molar-refractivity contribution in [2.45, 2.75) is 19.4 Å². The average molecular weight is 543 g/mol. The van der Waals surface area contributed by atoms with Crippen molar-refractivity contribution in [1.29, 1.82) is 0 Å². The monoisotopic (exact) mass is 543 g/mol. The van der Waals surface area contributed by atoms with Gasteiger partial charge in [-0.05, 0) is 35.6 Å². The van der Waals surface area contributed by atoms with E-state index in [0.717, 1.165) is 57.1 Å². The average Bonchev–Trinajstić information content (AvgIpc) is 3.25. The Morgan fingerprint density at radius 1 is 1.23 bits per heavy atom. The zero-order chi connectivity index (χ0) is 20.3. The van der Waals surface area contributed by atoms with Crippen LogP contribution in [0.1, 0.15) is 16.9 Å². The molecule has 1 aliphatic heterocycles. The maximum absolute atomic E-state index is 12.2. The highest BCUT2D eigenvalue weighted by Crippen LogP contribution is 2.12. The number of morpholine rings is 1. The fourth-order valence-electron chi connectivity index (χ4n) is 3.06. The molecule has 164 valence electrons. The van der Waals surface area contributed by atoms with Crippen molar-refractivity contribution in [2.24, 2.45) is 10.7 Å². The van der Waals surface area contributed by atoms with Crippen molar-refractivity contribution in [3.8, 4) is 0 Å². The number of thiophene rings is 1. The maximum Gasteiger partial charge on any atom is 0.225 e. The van der Waals surface area contributed by atoms with Gasteiger partial charge in [-0.15, -0.1) is 35.3 Å². The molecule has 1 aliphatic rings. The second-order valence-corrected chi connectivity index (χ2v) is 7.94. The highest BCUT2D eigenvalue weighted by molar-refractivity contribution is 14.0. The van der Waals surface area contributed by atoms with Crippen molar-refractivity contribution in [3.05, 3.63) is 52.2 Å². The van der Waals surface area contributed by atoms with E-state index in [1.54, 1.807) is 11.3 Å². The molecule has 0 radical (unpaired) electrons. The molecule has 0 aliphatic carbocycles. The van der Waals surface area contributed by atoms with Gasteiger partial charge in [0.2, 0.25) is 5.91 Å². The predicted molar refractivity (Wildman–Crippen MR) is 134 cm³/mol. The van der Waals surface area contributed by atoms with E-state index in [1.807, 2.05) is 30.3 Å². The molecule has 2 aromatic rings. The van der Waals surface area contributed by atoms with E-state index < -0.39 is 0 Å². The smallest absolute Gasteiger partial charge is 0.225 e. The first-order valence-electron chi connectivity index (χ1n) is 9.94. The number of hydrogen-bond acceptors (Lipinski definition) is 5. The SMILES string of the molecule is I.NC(=NCc1cccc(NC(=O)CCN2CCOCC2)c1)NCCc1cccs1. The van der Waals surface area contributed by atoms with Gasteiger partial charge in [0.25, 0.3) is 0 Å². The number of rotatable bonds is 9.